The summed E-state index contributed by atoms with van der Waals surface area (Å²) in [4.78, 5) is 0. The van der Waals surface area contributed by atoms with Gasteiger partial charge in [0.1, 0.15) is 11.6 Å². The number of nitrogens with zero attached hydrogens (tertiary/aromatic N) is 2. The van der Waals surface area contributed by atoms with Crippen LogP contribution >= 0.6 is 11.6 Å². The van der Waals surface area contributed by atoms with Crippen molar-refractivity contribution in [2.75, 3.05) is 5.32 Å². The lowest BCUT2D eigenvalue weighted by Gasteiger charge is -2.09. The first kappa shape index (κ1) is 17.1. The fourth-order valence-corrected chi connectivity index (χ4v) is 2.24. The molecule has 0 atom stereocenters. The number of alkyl halides is 2. The molecule has 0 aliphatic carbocycles. The molecule has 3 aromatic rings. The SMILES string of the molecule is Fc1ccc(-c2nnc(CNc3ccc(OC(F)F)c(Cl)c3)o2)cc1. The van der Waals surface area contributed by atoms with Gasteiger partial charge in [0.05, 0.1) is 11.6 Å². The van der Waals surface area contributed by atoms with Crippen molar-refractivity contribution < 1.29 is 22.3 Å². The third-order valence-electron chi connectivity index (χ3n) is 3.15. The van der Waals surface area contributed by atoms with Crippen molar-refractivity contribution >= 4 is 17.3 Å². The van der Waals surface area contributed by atoms with Gasteiger partial charge in [0.15, 0.2) is 0 Å². The molecule has 9 heteroatoms. The molecule has 2 aromatic carbocycles. The van der Waals surface area contributed by atoms with Crippen molar-refractivity contribution in [2.45, 2.75) is 13.2 Å². The summed E-state index contributed by atoms with van der Waals surface area (Å²) in [6, 6.07) is 9.94. The lowest BCUT2D eigenvalue weighted by atomic mass is 10.2. The van der Waals surface area contributed by atoms with E-state index >= 15 is 0 Å². The summed E-state index contributed by atoms with van der Waals surface area (Å²) >= 11 is 5.87. The van der Waals surface area contributed by atoms with Crippen LogP contribution in [0.1, 0.15) is 5.89 Å². The first-order valence-corrected chi connectivity index (χ1v) is 7.45. The summed E-state index contributed by atoms with van der Waals surface area (Å²) in [7, 11) is 0. The van der Waals surface area contributed by atoms with Crippen LogP contribution in [0, 0.1) is 5.82 Å². The lowest BCUT2D eigenvalue weighted by molar-refractivity contribution is -0.0497. The molecule has 25 heavy (non-hydrogen) atoms. The van der Waals surface area contributed by atoms with E-state index in [-0.39, 0.29) is 29.0 Å². The summed E-state index contributed by atoms with van der Waals surface area (Å²) in [5.74, 6) is 0.0822. The Labute approximate surface area is 145 Å². The second-order valence-electron chi connectivity index (χ2n) is 4.89. The lowest BCUT2D eigenvalue weighted by Crippen LogP contribution is -2.03. The number of halogens is 4. The summed E-state index contributed by atoms with van der Waals surface area (Å²) in [5.41, 5.74) is 1.16. The molecule has 3 rings (SSSR count). The van der Waals surface area contributed by atoms with Crippen molar-refractivity contribution in [1.29, 1.82) is 0 Å². The van der Waals surface area contributed by atoms with E-state index < -0.39 is 6.61 Å². The van der Waals surface area contributed by atoms with Gasteiger partial charge in [-0.2, -0.15) is 8.78 Å². The number of rotatable bonds is 6. The average Bonchev–Trinajstić information content (AvgIpc) is 3.04. The predicted molar refractivity (Wildman–Crippen MR) is 85.1 cm³/mol. The number of ether oxygens (including phenoxy) is 1. The van der Waals surface area contributed by atoms with Crippen molar-refractivity contribution in [2.24, 2.45) is 0 Å². The van der Waals surface area contributed by atoms with Crippen molar-refractivity contribution in [3.05, 3.63) is 59.2 Å². The van der Waals surface area contributed by atoms with Crippen LogP contribution in [0.3, 0.4) is 0 Å². The fraction of sp³-hybridized carbons (Fsp3) is 0.125. The van der Waals surface area contributed by atoms with Gasteiger partial charge in [-0.05, 0) is 42.5 Å². The van der Waals surface area contributed by atoms with Gasteiger partial charge in [0.2, 0.25) is 11.8 Å². The topological polar surface area (TPSA) is 60.2 Å². The Morgan fingerprint density at radius 1 is 1.12 bits per heavy atom. The molecule has 0 aliphatic rings. The largest absolute Gasteiger partial charge is 0.433 e. The number of aromatic nitrogens is 2. The minimum atomic E-state index is -2.94. The predicted octanol–water partition coefficient (Wildman–Crippen LogP) is 4.74. The van der Waals surface area contributed by atoms with Gasteiger partial charge in [-0.15, -0.1) is 10.2 Å². The molecule has 5 nitrogen and oxygen atoms in total. The van der Waals surface area contributed by atoms with E-state index in [0.29, 0.717) is 17.1 Å². The molecule has 0 radical (unpaired) electrons. The Balaban J connectivity index is 1.64. The van der Waals surface area contributed by atoms with Crippen LogP contribution < -0.4 is 10.1 Å². The van der Waals surface area contributed by atoms with Crippen LogP contribution in [0.5, 0.6) is 5.75 Å². The first-order valence-electron chi connectivity index (χ1n) is 7.08. The highest BCUT2D eigenvalue weighted by Crippen LogP contribution is 2.29. The second kappa shape index (κ2) is 7.43. The summed E-state index contributed by atoms with van der Waals surface area (Å²) in [6.45, 7) is -2.75. The van der Waals surface area contributed by atoms with Gasteiger partial charge in [-0.1, -0.05) is 11.6 Å². The number of nitrogens with one attached hydrogen (secondary N) is 1. The summed E-state index contributed by atoms with van der Waals surface area (Å²) in [6.07, 6.45) is 0. The van der Waals surface area contributed by atoms with Crippen LogP contribution in [-0.2, 0) is 6.54 Å². The van der Waals surface area contributed by atoms with Crippen molar-refractivity contribution in [1.82, 2.24) is 10.2 Å². The Bertz CT molecular complexity index is 856. The zero-order chi connectivity index (χ0) is 17.8. The molecule has 1 heterocycles. The van der Waals surface area contributed by atoms with E-state index in [2.05, 4.69) is 20.3 Å². The van der Waals surface area contributed by atoms with Gasteiger partial charge >= 0.3 is 6.61 Å². The van der Waals surface area contributed by atoms with Crippen molar-refractivity contribution in [3.8, 4) is 17.2 Å². The standard InChI is InChI=1S/C16H11ClF3N3O2/c17-12-7-11(5-6-13(12)24-16(19)20)21-8-14-22-23-15(25-14)9-1-3-10(18)4-2-9/h1-7,16,21H,8H2. The normalized spacial score (nSPS) is 10.9. The van der Waals surface area contributed by atoms with Gasteiger partial charge in [0, 0.05) is 11.3 Å². The van der Waals surface area contributed by atoms with E-state index in [1.807, 2.05) is 0 Å². The highest BCUT2D eigenvalue weighted by molar-refractivity contribution is 6.32. The molecule has 0 bridgehead atoms. The van der Waals surface area contributed by atoms with Gasteiger partial charge in [0.25, 0.3) is 0 Å². The van der Waals surface area contributed by atoms with Crippen LogP contribution in [-0.4, -0.2) is 16.8 Å². The molecule has 0 amide bonds. The number of anilines is 1. The maximum Gasteiger partial charge on any atom is 0.387 e. The molecule has 0 spiro atoms. The molecular formula is C16H11ClF3N3O2. The van der Waals surface area contributed by atoms with E-state index in [9.17, 15) is 13.2 Å². The highest BCUT2D eigenvalue weighted by Gasteiger charge is 2.11. The third-order valence-corrected chi connectivity index (χ3v) is 3.45. The Morgan fingerprint density at radius 2 is 1.88 bits per heavy atom. The van der Waals surface area contributed by atoms with Crippen LogP contribution in [0.2, 0.25) is 5.02 Å². The van der Waals surface area contributed by atoms with Crippen molar-refractivity contribution in [3.63, 3.8) is 0 Å². The Hall–Kier alpha value is -2.74. The molecule has 1 N–H and O–H groups in total. The first-order chi connectivity index (χ1) is 12.0. The quantitative estimate of drug-likeness (QED) is 0.680. The molecule has 0 aliphatic heterocycles. The van der Waals surface area contributed by atoms with Gasteiger partial charge in [-0.3, -0.25) is 0 Å². The summed E-state index contributed by atoms with van der Waals surface area (Å²) < 4.78 is 47.0. The van der Waals surface area contributed by atoms with Gasteiger partial charge < -0.3 is 14.5 Å². The monoisotopic (exact) mass is 369 g/mol. The Morgan fingerprint density at radius 3 is 2.56 bits per heavy atom. The zero-order valence-corrected chi connectivity index (χ0v) is 13.3. The molecular weight excluding hydrogens is 359 g/mol. The van der Waals surface area contributed by atoms with Crippen LogP contribution in [0.15, 0.2) is 46.9 Å². The maximum atomic E-state index is 12.9. The third kappa shape index (κ3) is 4.42. The zero-order valence-electron chi connectivity index (χ0n) is 12.5. The van der Waals surface area contributed by atoms with E-state index in [1.54, 1.807) is 0 Å². The van der Waals surface area contributed by atoms with Gasteiger partial charge in [-0.25, -0.2) is 4.39 Å². The van der Waals surface area contributed by atoms with E-state index in [1.165, 1.54) is 42.5 Å². The summed E-state index contributed by atoms with van der Waals surface area (Å²) in [5, 5.41) is 10.8. The second-order valence-corrected chi connectivity index (χ2v) is 5.29. The average molecular weight is 370 g/mol. The molecule has 0 saturated heterocycles. The molecule has 1 aromatic heterocycles. The number of hydrogen-bond donors (Lipinski definition) is 1. The number of benzene rings is 2. The molecule has 0 saturated carbocycles. The van der Waals surface area contributed by atoms with Crippen LogP contribution in [0.25, 0.3) is 11.5 Å². The smallest absolute Gasteiger partial charge is 0.387 e. The highest BCUT2D eigenvalue weighted by atomic mass is 35.5. The van der Waals surface area contributed by atoms with E-state index in [0.717, 1.165) is 0 Å². The minimum Gasteiger partial charge on any atom is -0.433 e. The minimum absolute atomic E-state index is 0.0443. The maximum absolute atomic E-state index is 12.9. The molecule has 0 fully saturated rings. The Kier molecular flexibility index (Phi) is 5.08. The molecule has 130 valence electrons. The number of hydrogen-bond acceptors (Lipinski definition) is 5. The molecule has 0 unspecified atom stereocenters. The fourth-order valence-electron chi connectivity index (χ4n) is 2.01. The van der Waals surface area contributed by atoms with E-state index in [4.69, 9.17) is 16.0 Å². The van der Waals surface area contributed by atoms with Crippen LogP contribution in [0.4, 0.5) is 18.9 Å².